The summed E-state index contributed by atoms with van der Waals surface area (Å²) in [5.41, 5.74) is 6.89. The molecule has 11 nitrogen and oxygen atoms in total. The molecule has 0 bridgehead atoms. The summed E-state index contributed by atoms with van der Waals surface area (Å²) < 4.78 is 10.5. The molecule has 0 saturated heterocycles. The van der Waals surface area contributed by atoms with Gasteiger partial charge in [-0.25, -0.2) is 9.59 Å². The molecule has 1 heterocycles. The molecule has 1 aromatic heterocycles. The number of carbonyl (C=O) groups is 4. The van der Waals surface area contributed by atoms with E-state index in [-0.39, 0.29) is 37.6 Å². The minimum Gasteiger partial charge on any atom is -0.423 e. The molecule has 4 amide bonds. The monoisotopic (exact) mass is 536 g/mol. The largest absolute Gasteiger partial charge is 0.423 e. The molecule has 0 fully saturated rings. The molecular weight excluding hydrogens is 504 g/mol. The van der Waals surface area contributed by atoms with Crippen LogP contribution in [0.2, 0.25) is 0 Å². The maximum atomic E-state index is 12.6. The Morgan fingerprint density at radius 1 is 1.08 bits per heavy atom. The lowest BCUT2D eigenvalue weighted by Gasteiger charge is -2.20. The highest BCUT2D eigenvalue weighted by Crippen LogP contribution is 2.22. The van der Waals surface area contributed by atoms with Crippen LogP contribution in [0.25, 0.3) is 11.0 Å². The van der Waals surface area contributed by atoms with Gasteiger partial charge in [-0.2, -0.15) is 0 Å². The van der Waals surface area contributed by atoms with E-state index in [0.717, 1.165) is 16.5 Å². The lowest BCUT2D eigenvalue weighted by Crippen LogP contribution is -2.50. The van der Waals surface area contributed by atoms with Gasteiger partial charge in [-0.3, -0.25) is 14.4 Å². The zero-order valence-electron chi connectivity index (χ0n) is 21.9. The summed E-state index contributed by atoms with van der Waals surface area (Å²) in [5.74, 6) is -1.50. The lowest BCUT2D eigenvalue weighted by molar-refractivity contribution is -0.131. The highest BCUT2D eigenvalue weighted by atomic mass is 16.6. The fourth-order valence-corrected chi connectivity index (χ4v) is 3.88. The zero-order chi connectivity index (χ0) is 28.4. The summed E-state index contributed by atoms with van der Waals surface area (Å²) in [5, 5.41) is 5.88. The Hall–Kier alpha value is -4.67. The van der Waals surface area contributed by atoms with E-state index < -0.39 is 29.6 Å². The molecule has 1 atom stereocenters. The molecule has 11 heteroatoms. The van der Waals surface area contributed by atoms with Crippen molar-refractivity contribution in [1.29, 1.82) is 0 Å². The van der Waals surface area contributed by atoms with Crippen molar-refractivity contribution in [3.63, 3.8) is 0 Å². The van der Waals surface area contributed by atoms with Gasteiger partial charge in [-0.15, -0.1) is 0 Å². The lowest BCUT2D eigenvalue weighted by atomic mass is 10.1. The molecule has 0 spiro atoms. The molecule has 39 heavy (non-hydrogen) atoms. The van der Waals surface area contributed by atoms with Gasteiger partial charge in [0.15, 0.2) is 0 Å². The second-order valence-electron chi connectivity index (χ2n) is 9.12. The van der Waals surface area contributed by atoms with Crippen molar-refractivity contribution in [1.82, 2.24) is 15.5 Å². The third-order valence-corrected chi connectivity index (χ3v) is 5.96. The number of nitrogens with two attached hydrogens (primary N) is 1. The molecule has 0 radical (unpaired) electrons. The van der Waals surface area contributed by atoms with Gasteiger partial charge in [-0.05, 0) is 43.0 Å². The molecule has 206 valence electrons. The Kier molecular flexibility index (Phi) is 10.2. The van der Waals surface area contributed by atoms with Crippen molar-refractivity contribution in [2.45, 2.75) is 38.6 Å². The van der Waals surface area contributed by atoms with Crippen LogP contribution in [0.1, 0.15) is 30.4 Å². The first-order chi connectivity index (χ1) is 18.6. The predicted molar refractivity (Wildman–Crippen MR) is 144 cm³/mol. The number of amides is 4. The summed E-state index contributed by atoms with van der Waals surface area (Å²) in [6, 6.07) is 14.7. The average Bonchev–Trinajstić information content (AvgIpc) is 2.88. The van der Waals surface area contributed by atoms with Crippen molar-refractivity contribution in [2.24, 2.45) is 5.73 Å². The number of likely N-dealkylation sites (N-methyl/N-ethyl adjacent to an activating group) is 1. The number of ether oxygens (including phenoxy) is 1. The zero-order valence-corrected chi connectivity index (χ0v) is 21.9. The molecule has 3 rings (SSSR count). The molecule has 0 aliphatic rings. The van der Waals surface area contributed by atoms with Crippen LogP contribution in [0, 0.1) is 6.92 Å². The number of aryl methyl sites for hydroxylation is 2. The van der Waals surface area contributed by atoms with Crippen molar-refractivity contribution in [3.05, 3.63) is 76.1 Å². The number of hydrogen-bond donors (Lipinski definition) is 3. The smallest absolute Gasteiger partial charge is 0.415 e. The number of nitrogens with one attached hydrogen (secondary N) is 2. The topological polar surface area (TPSA) is 161 Å². The third kappa shape index (κ3) is 8.99. The number of fused-ring (bicyclic) bond motifs is 1. The van der Waals surface area contributed by atoms with E-state index in [1.165, 1.54) is 24.1 Å². The fourth-order valence-electron chi connectivity index (χ4n) is 3.88. The number of benzene rings is 2. The van der Waals surface area contributed by atoms with Gasteiger partial charge in [0.2, 0.25) is 17.7 Å². The van der Waals surface area contributed by atoms with Gasteiger partial charge in [0.1, 0.15) is 17.4 Å². The summed E-state index contributed by atoms with van der Waals surface area (Å²) in [7, 11) is 1.48. The highest BCUT2D eigenvalue weighted by Gasteiger charge is 2.23. The maximum absolute atomic E-state index is 12.6. The van der Waals surface area contributed by atoms with Gasteiger partial charge < -0.3 is 30.4 Å². The van der Waals surface area contributed by atoms with Gasteiger partial charge in [0, 0.05) is 44.1 Å². The Morgan fingerprint density at radius 3 is 2.54 bits per heavy atom. The number of carbonyl (C=O) groups excluding carboxylic acids is 4. The summed E-state index contributed by atoms with van der Waals surface area (Å²) in [6.45, 7) is 1.90. The van der Waals surface area contributed by atoms with Gasteiger partial charge in [0.25, 0.3) is 0 Å². The van der Waals surface area contributed by atoms with Crippen molar-refractivity contribution < 1.29 is 28.3 Å². The van der Waals surface area contributed by atoms with Crippen molar-refractivity contribution in [3.8, 4) is 5.75 Å². The Balaban J connectivity index is 1.46. The van der Waals surface area contributed by atoms with Crippen LogP contribution < -0.4 is 26.7 Å². The molecule has 2 aromatic carbocycles. The minimum absolute atomic E-state index is 0.0371. The molecule has 0 unspecified atom stereocenters. The van der Waals surface area contributed by atoms with Crippen LogP contribution in [0.5, 0.6) is 5.75 Å². The van der Waals surface area contributed by atoms with E-state index in [0.29, 0.717) is 18.4 Å². The van der Waals surface area contributed by atoms with Crippen LogP contribution in [-0.2, 0) is 20.8 Å². The standard InChI is InChI=1S/C28H32N4O7/c1-18-15-26(35)39-23-16-20(11-12-21(18)23)38-28(37)32(2)14-13-30-27(36)22(17-24(29)33)31-25(34)10-6-9-19-7-4-3-5-8-19/h3-5,7-8,11-12,15-16,22H,6,9-10,13-14,17H2,1-2H3,(H2,29,33)(H,30,36)(H,31,34)/t22-/m1/s1. The Morgan fingerprint density at radius 2 is 1.82 bits per heavy atom. The van der Waals surface area contributed by atoms with E-state index in [9.17, 15) is 24.0 Å². The number of nitrogens with zero attached hydrogens (tertiary/aromatic N) is 1. The second kappa shape index (κ2) is 13.8. The van der Waals surface area contributed by atoms with Gasteiger partial charge >= 0.3 is 11.7 Å². The summed E-state index contributed by atoms with van der Waals surface area (Å²) >= 11 is 0. The minimum atomic E-state index is -1.13. The van der Waals surface area contributed by atoms with Crippen LogP contribution >= 0.6 is 0 Å². The number of hydrogen-bond acceptors (Lipinski definition) is 7. The van der Waals surface area contributed by atoms with Gasteiger partial charge in [0.05, 0.1) is 6.42 Å². The van der Waals surface area contributed by atoms with E-state index in [4.69, 9.17) is 14.9 Å². The first kappa shape index (κ1) is 28.9. The van der Waals surface area contributed by atoms with E-state index in [2.05, 4.69) is 10.6 Å². The molecule has 0 saturated carbocycles. The maximum Gasteiger partial charge on any atom is 0.415 e. The average molecular weight is 537 g/mol. The van der Waals surface area contributed by atoms with Crippen molar-refractivity contribution in [2.75, 3.05) is 20.1 Å². The van der Waals surface area contributed by atoms with E-state index in [1.807, 2.05) is 30.3 Å². The predicted octanol–water partition coefficient (Wildman–Crippen LogP) is 2.03. The number of rotatable bonds is 12. The fraction of sp³-hybridized carbons (Fsp3) is 0.321. The van der Waals surface area contributed by atoms with E-state index >= 15 is 0 Å². The molecule has 3 aromatic rings. The summed E-state index contributed by atoms with van der Waals surface area (Å²) in [6.07, 6.45) is 0.418. The van der Waals surface area contributed by atoms with Crippen molar-refractivity contribution >= 4 is 34.8 Å². The van der Waals surface area contributed by atoms with E-state index in [1.54, 1.807) is 19.1 Å². The number of primary amides is 1. The molecule has 0 aliphatic heterocycles. The van der Waals surface area contributed by atoms with Crippen LogP contribution in [0.4, 0.5) is 4.79 Å². The SMILES string of the molecule is Cc1cc(=O)oc2cc(OC(=O)N(C)CCNC(=O)[C@@H](CC(N)=O)NC(=O)CCCc3ccccc3)ccc12. The van der Waals surface area contributed by atoms with Crippen LogP contribution in [0.15, 0.2) is 63.8 Å². The Labute approximate surface area is 225 Å². The van der Waals surface area contributed by atoms with Gasteiger partial charge in [-0.1, -0.05) is 30.3 Å². The Bertz CT molecular complexity index is 1390. The first-order valence-corrected chi connectivity index (χ1v) is 12.5. The first-order valence-electron chi connectivity index (χ1n) is 12.5. The molecule has 4 N–H and O–H groups in total. The summed E-state index contributed by atoms with van der Waals surface area (Å²) in [4.78, 5) is 61.8. The molecule has 0 aliphatic carbocycles. The molecular formula is C28H32N4O7. The third-order valence-electron chi connectivity index (χ3n) is 5.96. The normalized spacial score (nSPS) is 11.4. The highest BCUT2D eigenvalue weighted by molar-refractivity contribution is 5.91. The second-order valence-corrected chi connectivity index (χ2v) is 9.12. The quantitative estimate of drug-likeness (QED) is 0.298. The van der Waals surface area contributed by atoms with Crippen LogP contribution in [-0.4, -0.2) is 54.9 Å². The van der Waals surface area contributed by atoms with Crippen LogP contribution in [0.3, 0.4) is 0 Å².